The van der Waals surface area contributed by atoms with E-state index in [0.717, 1.165) is 0 Å². The summed E-state index contributed by atoms with van der Waals surface area (Å²) in [5, 5.41) is 12.0. The first-order chi connectivity index (χ1) is 1.00. The summed E-state index contributed by atoms with van der Waals surface area (Å²) in [6.45, 7) is 0. The topological polar surface area (TPSA) is 72.0 Å². The maximum atomic E-state index is 6.00. The van der Waals surface area contributed by atoms with Crippen LogP contribution in [0.2, 0.25) is 0 Å². The fraction of sp³-hybridized carbons (Fsp3) is 0. The van der Waals surface area contributed by atoms with Crippen LogP contribution in [0.3, 0.4) is 0 Å². The van der Waals surface area contributed by atoms with Crippen molar-refractivity contribution in [2.24, 2.45) is 0 Å². The first-order valence-corrected chi connectivity index (χ1v) is 0.200. The van der Waals surface area contributed by atoms with E-state index in [0.29, 0.717) is 0 Å². The average molecular weight is 111 g/mol. The molecule has 3 nitrogen and oxygen atoms in total. The van der Waals surface area contributed by atoms with Crippen molar-refractivity contribution in [3.8, 4) is 0 Å². The second-order valence-electron chi connectivity index (χ2n) is 0. The van der Waals surface area contributed by atoms with Crippen molar-refractivity contribution in [2.45, 2.75) is 0 Å². The second-order valence-corrected chi connectivity index (χ2v) is 0. The Hall–Kier alpha value is 0.374. The summed E-state index contributed by atoms with van der Waals surface area (Å²) in [6, 6.07) is 0. The molecule has 32 valence electrons. The molecule has 0 fully saturated rings. The Labute approximate surface area is 33.4 Å². The molecule has 0 spiro atoms. The smallest absolute Gasteiger partial charge is 0 e. The van der Waals surface area contributed by atoms with Gasteiger partial charge in [0.1, 0.15) is 0 Å². The van der Waals surface area contributed by atoms with Crippen LogP contribution in [0, 0.1) is 0 Å². The molecule has 0 saturated carbocycles. The molecule has 0 bridgehead atoms. The van der Waals surface area contributed by atoms with Crippen LogP contribution in [-0.4, -0.2) is 16.0 Å². The molecule has 0 atom stereocenters. The monoisotopic (exact) mass is 110 g/mol. The van der Waals surface area contributed by atoms with Gasteiger partial charge in [0.05, 0.1) is 0 Å². The zero-order valence-corrected chi connectivity index (χ0v) is 2.70. The van der Waals surface area contributed by atoms with Gasteiger partial charge in [0.25, 0.3) is 0 Å². The molecule has 0 aliphatic rings. The van der Waals surface area contributed by atoms with E-state index in [2.05, 4.69) is 0 Å². The van der Waals surface area contributed by atoms with Gasteiger partial charge in [0, 0.05) is 16.5 Å². The van der Waals surface area contributed by atoms with Crippen LogP contribution >= 0.6 is 0 Å². The van der Waals surface area contributed by atoms with E-state index >= 15 is 0 Å². The molecule has 4 N–H and O–H groups in total. The number of rotatable bonds is 0. The molecule has 0 amide bonds. The summed E-state index contributed by atoms with van der Waals surface area (Å²) < 4.78 is 0. The van der Waals surface area contributed by atoms with Crippen molar-refractivity contribution in [1.29, 1.82) is 0 Å². The molecule has 0 heterocycles. The molecular formula is H4NiO3. The maximum Gasteiger partial charge on any atom is 0 e. The van der Waals surface area contributed by atoms with Gasteiger partial charge >= 0.3 is 0 Å². The van der Waals surface area contributed by atoms with Crippen molar-refractivity contribution < 1.29 is 32.5 Å². The molecule has 0 aliphatic carbocycles. The third-order valence-electron chi connectivity index (χ3n) is 0. The predicted molar refractivity (Wildman–Crippen MR) is 8.87 cm³/mol. The minimum Gasteiger partial charge on any atom is -0.412 e. The van der Waals surface area contributed by atoms with Crippen LogP contribution in [0.5, 0.6) is 0 Å². The predicted octanol–water partition coefficient (Wildman–Crippen LogP) is -0.810. The quantitative estimate of drug-likeness (QED) is 0.243. The van der Waals surface area contributed by atoms with Gasteiger partial charge in [0.2, 0.25) is 0 Å². The zero-order valence-electron chi connectivity index (χ0n) is 1.71. The van der Waals surface area contributed by atoms with E-state index < -0.39 is 0 Å². The van der Waals surface area contributed by atoms with Gasteiger partial charge in [-0.1, -0.05) is 0 Å². The summed E-state index contributed by atoms with van der Waals surface area (Å²) >= 11 is 0. The van der Waals surface area contributed by atoms with Crippen molar-refractivity contribution >= 4 is 0 Å². The van der Waals surface area contributed by atoms with Gasteiger partial charge < -0.3 is 5.48 Å². The van der Waals surface area contributed by atoms with Crippen molar-refractivity contribution in [1.82, 2.24) is 0 Å². The molecule has 0 saturated heterocycles. The summed E-state index contributed by atoms with van der Waals surface area (Å²) in [4.78, 5) is 0. The van der Waals surface area contributed by atoms with Gasteiger partial charge in [-0.2, -0.15) is 0 Å². The number of hydrogen-bond acceptors (Lipinski definition) is 2. The van der Waals surface area contributed by atoms with Crippen LogP contribution < -0.4 is 0 Å². The Morgan fingerprint density at radius 1 is 1.00 bits per heavy atom. The van der Waals surface area contributed by atoms with E-state index in [1.165, 1.54) is 0 Å². The molecule has 0 aliphatic heterocycles. The molecule has 0 radical (unpaired) electrons. The SMILES string of the molecule is O.OO.[Ni]. The van der Waals surface area contributed by atoms with Crippen LogP contribution in [0.15, 0.2) is 0 Å². The average Bonchev–Trinajstić information content (AvgIpc) is 1.00. The molecule has 0 unspecified atom stereocenters. The fourth-order valence-corrected chi connectivity index (χ4v) is 0. The second kappa shape index (κ2) is 136. The van der Waals surface area contributed by atoms with Gasteiger partial charge in [-0.25, -0.2) is 0 Å². The Kier molecular flexibility index (Phi) is 899. The van der Waals surface area contributed by atoms with Crippen LogP contribution in [0.25, 0.3) is 0 Å². The molecular weight excluding hydrogens is 107 g/mol. The van der Waals surface area contributed by atoms with Crippen LogP contribution in [0.4, 0.5) is 0 Å². The molecule has 0 rings (SSSR count). The molecule has 4 heavy (non-hydrogen) atoms. The summed E-state index contributed by atoms with van der Waals surface area (Å²) in [7, 11) is 0. The summed E-state index contributed by atoms with van der Waals surface area (Å²) in [6.07, 6.45) is 0. The first kappa shape index (κ1) is 26.4. The summed E-state index contributed by atoms with van der Waals surface area (Å²) in [5.41, 5.74) is 0. The van der Waals surface area contributed by atoms with Gasteiger partial charge in [-0.15, -0.1) is 0 Å². The minimum absolute atomic E-state index is 0. The zero-order chi connectivity index (χ0) is 2.00. The van der Waals surface area contributed by atoms with Gasteiger partial charge in [-0.05, 0) is 0 Å². The Morgan fingerprint density at radius 3 is 1.00 bits per heavy atom. The molecule has 0 aromatic heterocycles. The van der Waals surface area contributed by atoms with Crippen molar-refractivity contribution in [2.75, 3.05) is 0 Å². The van der Waals surface area contributed by atoms with E-state index in [9.17, 15) is 0 Å². The van der Waals surface area contributed by atoms with E-state index in [1.54, 1.807) is 0 Å². The molecule has 0 aromatic rings. The van der Waals surface area contributed by atoms with Crippen molar-refractivity contribution in [3.63, 3.8) is 0 Å². The number of hydrogen-bond donors (Lipinski definition) is 2. The van der Waals surface area contributed by atoms with Crippen LogP contribution in [0.1, 0.15) is 0 Å². The fourth-order valence-electron chi connectivity index (χ4n) is 0. The third-order valence-corrected chi connectivity index (χ3v) is 0. The standard InChI is InChI=1S/Ni.H2O2.H2O/c;1-2;/h;1-2H;1H2. The van der Waals surface area contributed by atoms with E-state index in [1.807, 2.05) is 0 Å². The maximum absolute atomic E-state index is 6.00. The Morgan fingerprint density at radius 2 is 1.00 bits per heavy atom. The van der Waals surface area contributed by atoms with E-state index in [4.69, 9.17) is 10.5 Å². The normalized spacial score (nSPS) is 1.50. The Bertz CT molecular complexity index is 3.25. The van der Waals surface area contributed by atoms with Crippen molar-refractivity contribution in [3.05, 3.63) is 0 Å². The van der Waals surface area contributed by atoms with E-state index in [-0.39, 0.29) is 22.0 Å². The summed E-state index contributed by atoms with van der Waals surface area (Å²) in [5.74, 6) is 0. The third kappa shape index (κ3) is 32.1. The molecule has 4 heteroatoms. The largest absolute Gasteiger partial charge is 0.412 e. The minimum atomic E-state index is 0. The Balaban J connectivity index is -0.00000000500. The van der Waals surface area contributed by atoms with Crippen LogP contribution in [-0.2, 0) is 16.5 Å². The van der Waals surface area contributed by atoms with Gasteiger partial charge in [0.15, 0.2) is 0 Å². The molecule has 0 aromatic carbocycles. The first-order valence-electron chi connectivity index (χ1n) is 0.200. The van der Waals surface area contributed by atoms with Gasteiger partial charge in [-0.3, -0.25) is 10.5 Å².